The first-order valence-corrected chi connectivity index (χ1v) is 13.0. The number of nitrogens with zero attached hydrogens (tertiary/aromatic N) is 3. The first-order chi connectivity index (χ1) is 12.7. The highest BCUT2D eigenvalue weighted by Crippen LogP contribution is 2.55. The van der Waals surface area contributed by atoms with E-state index in [2.05, 4.69) is 61.9 Å². The first-order valence-electron chi connectivity index (χ1n) is 9.76. The molecule has 2 heterocycles. The molecular formula is C21H32ClN3O2Si. The van der Waals surface area contributed by atoms with Gasteiger partial charge in [0.2, 0.25) is 0 Å². The maximum atomic E-state index is 11.7. The van der Waals surface area contributed by atoms with E-state index >= 15 is 0 Å². The van der Waals surface area contributed by atoms with E-state index in [1.165, 1.54) is 6.33 Å². The SMILES string of the molecule is C=C[C@@]1(C)C[C@@H](n2ccc3c(Cl)ncnc32)[C@H](O[Si](C)(C)C(C)(C)C)C1(C)O. The van der Waals surface area contributed by atoms with Crippen molar-refractivity contribution < 1.29 is 9.53 Å². The van der Waals surface area contributed by atoms with Crippen molar-refractivity contribution in [3.8, 4) is 0 Å². The zero-order chi connectivity index (χ0) is 21.1. The van der Waals surface area contributed by atoms with Crippen LogP contribution in [0, 0.1) is 5.41 Å². The lowest BCUT2D eigenvalue weighted by Crippen LogP contribution is -2.54. The number of rotatable bonds is 4. The number of aliphatic hydroxyl groups is 1. The van der Waals surface area contributed by atoms with Crippen LogP contribution in [0.5, 0.6) is 0 Å². The molecule has 2 aromatic rings. The fourth-order valence-electron chi connectivity index (χ4n) is 3.88. The highest BCUT2D eigenvalue weighted by molar-refractivity contribution is 6.74. The first kappa shape index (κ1) is 21.5. The molecule has 0 aliphatic heterocycles. The average molecular weight is 422 g/mol. The van der Waals surface area contributed by atoms with Crippen LogP contribution in [0.1, 0.15) is 47.1 Å². The molecule has 1 aliphatic rings. The molecule has 1 fully saturated rings. The summed E-state index contributed by atoms with van der Waals surface area (Å²) in [6, 6.07) is 1.84. The second-order valence-corrected chi connectivity index (χ2v) is 15.1. The van der Waals surface area contributed by atoms with Crippen LogP contribution in [0.2, 0.25) is 23.3 Å². The monoisotopic (exact) mass is 421 g/mol. The largest absolute Gasteiger partial charge is 0.409 e. The van der Waals surface area contributed by atoms with Gasteiger partial charge < -0.3 is 14.1 Å². The average Bonchev–Trinajstić information content (AvgIpc) is 3.08. The van der Waals surface area contributed by atoms with Gasteiger partial charge in [0, 0.05) is 11.6 Å². The fraction of sp³-hybridized carbons (Fsp3) is 0.619. The maximum Gasteiger partial charge on any atom is 0.192 e. The molecular weight excluding hydrogens is 390 g/mol. The van der Waals surface area contributed by atoms with Gasteiger partial charge >= 0.3 is 0 Å². The van der Waals surface area contributed by atoms with Gasteiger partial charge in [-0.3, -0.25) is 0 Å². The van der Waals surface area contributed by atoms with Crippen molar-refractivity contribution >= 4 is 31.0 Å². The van der Waals surface area contributed by atoms with Crippen molar-refractivity contribution in [3.63, 3.8) is 0 Å². The van der Waals surface area contributed by atoms with E-state index in [0.717, 1.165) is 11.0 Å². The Morgan fingerprint density at radius 1 is 1.36 bits per heavy atom. The smallest absolute Gasteiger partial charge is 0.192 e. The Hall–Kier alpha value is -1.21. The number of aromatic nitrogens is 3. The second-order valence-electron chi connectivity index (χ2n) is 9.96. The quantitative estimate of drug-likeness (QED) is 0.410. The Balaban J connectivity index is 2.14. The molecule has 4 atom stereocenters. The molecule has 1 aliphatic carbocycles. The van der Waals surface area contributed by atoms with Crippen LogP contribution in [0.3, 0.4) is 0 Å². The lowest BCUT2D eigenvalue weighted by molar-refractivity contribution is -0.0863. The van der Waals surface area contributed by atoms with Crippen molar-refractivity contribution in [3.05, 3.63) is 36.4 Å². The molecule has 0 radical (unpaired) electrons. The van der Waals surface area contributed by atoms with Crippen molar-refractivity contribution in [1.82, 2.24) is 14.5 Å². The third-order valence-electron chi connectivity index (χ3n) is 7.19. The molecule has 154 valence electrons. The zero-order valence-corrected chi connectivity index (χ0v) is 19.7. The minimum absolute atomic E-state index is 0.0328. The molecule has 5 nitrogen and oxygen atoms in total. The Morgan fingerprint density at radius 2 is 2.00 bits per heavy atom. The Bertz CT molecular complexity index is 903. The highest BCUT2D eigenvalue weighted by Gasteiger charge is 2.60. The Kier molecular flexibility index (Phi) is 5.11. The summed E-state index contributed by atoms with van der Waals surface area (Å²) in [4.78, 5) is 8.55. The van der Waals surface area contributed by atoms with Crippen LogP contribution in [0.4, 0.5) is 0 Å². The lowest BCUT2D eigenvalue weighted by atomic mass is 9.77. The molecule has 0 saturated heterocycles. The number of hydrogen-bond acceptors (Lipinski definition) is 4. The third kappa shape index (κ3) is 3.14. The van der Waals surface area contributed by atoms with Crippen LogP contribution in [-0.2, 0) is 4.43 Å². The van der Waals surface area contributed by atoms with Crippen molar-refractivity contribution in [2.75, 3.05) is 0 Å². The fourth-order valence-corrected chi connectivity index (χ4v) is 5.44. The molecule has 0 spiro atoms. The van der Waals surface area contributed by atoms with E-state index < -0.39 is 19.3 Å². The van der Waals surface area contributed by atoms with Crippen LogP contribution in [-0.4, -0.2) is 39.7 Å². The standard InChI is InChI=1S/C21H32ClN3O2Si/c1-9-20(5)12-15(25-11-10-14-17(22)23-13-24-18(14)25)16(21(20,6)26)27-28(7,8)19(2,3)4/h9-11,13,15-16,26H,1,12H2,2-8H3/t15-,16+,20+,21?/m1/s1. The van der Waals surface area contributed by atoms with Crippen LogP contribution in [0.25, 0.3) is 11.0 Å². The third-order valence-corrected chi connectivity index (χ3v) is 11.9. The van der Waals surface area contributed by atoms with E-state index in [1.54, 1.807) is 0 Å². The minimum atomic E-state index is -2.13. The molecule has 2 aromatic heterocycles. The summed E-state index contributed by atoms with van der Waals surface area (Å²) in [5, 5.41) is 12.9. The molecule has 1 unspecified atom stereocenters. The van der Waals surface area contributed by atoms with E-state index in [0.29, 0.717) is 11.6 Å². The summed E-state index contributed by atoms with van der Waals surface area (Å²) in [6.07, 6.45) is 5.63. The molecule has 1 N–H and O–H groups in total. The van der Waals surface area contributed by atoms with Gasteiger partial charge in [0.1, 0.15) is 17.1 Å². The second kappa shape index (κ2) is 6.66. The normalized spacial score (nSPS) is 31.5. The summed E-state index contributed by atoms with van der Waals surface area (Å²) in [6.45, 7) is 19.0. The van der Waals surface area contributed by atoms with E-state index in [-0.39, 0.29) is 17.2 Å². The van der Waals surface area contributed by atoms with Gasteiger partial charge in [0.15, 0.2) is 8.32 Å². The summed E-state index contributed by atoms with van der Waals surface area (Å²) < 4.78 is 8.92. The molecule has 0 amide bonds. The van der Waals surface area contributed by atoms with Gasteiger partial charge in [-0.2, -0.15) is 0 Å². The van der Waals surface area contributed by atoms with Gasteiger partial charge in [-0.05, 0) is 37.5 Å². The number of hydrogen-bond donors (Lipinski definition) is 1. The predicted molar refractivity (Wildman–Crippen MR) is 117 cm³/mol. The molecule has 28 heavy (non-hydrogen) atoms. The van der Waals surface area contributed by atoms with Gasteiger partial charge in [-0.15, -0.1) is 6.58 Å². The number of fused-ring (bicyclic) bond motifs is 1. The van der Waals surface area contributed by atoms with Crippen LogP contribution >= 0.6 is 11.6 Å². The molecule has 0 aromatic carbocycles. The highest BCUT2D eigenvalue weighted by atomic mass is 35.5. The number of halogens is 1. The predicted octanol–water partition coefficient (Wildman–Crippen LogP) is 5.36. The molecule has 3 rings (SSSR count). The van der Waals surface area contributed by atoms with E-state index in [9.17, 15) is 5.11 Å². The van der Waals surface area contributed by atoms with Crippen molar-refractivity contribution in [2.45, 2.75) is 76.9 Å². The van der Waals surface area contributed by atoms with Gasteiger partial charge in [-0.1, -0.05) is 45.4 Å². The van der Waals surface area contributed by atoms with Gasteiger partial charge in [-0.25, -0.2) is 9.97 Å². The van der Waals surface area contributed by atoms with Crippen LogP contribution in [0.15, 0.2) is 31.2 Å². The van der Waals surface area contributed by atoms with Crippen molar-refractivity contribution in [1.29, 1.82) is 0 Å². The molecule has 1 saturated carbocycles. The Morgan fingerprint density at radius 3 is 2.57 bits per heavy atom. The topological polar surface area (TPSA) is 60.2 Å². The summed E-state index contributed by atoms with van der Waals surface area (Å²) >= 11 is 6.26. The molecule has 7 heteroatoms. The summed E-state index contributed by atoms with van der Waals surface area (Å²) in [5.74, 6) is 0. The van der Waals surface area contributed by atoms with Gasteiger partial charge in [0.25, 0.3) is 0 Å². The van der Waals surface area contributed by atoms with E-state index in [4.69, 9.17) is 16.0 Å². The molecule has 0 bridgehead atoms. The Labute approximate surface area is 173 Å². The van der Waals surface area contributed by atoms with E-state index in [1.807, 2.05) is 25.3 Å². The zero-order valence-electron chi connectivity index (χ0n) is 18.0. The van der Waals surface area contributed by atoms with Crippen molar-refractivity contribution in [2.24, 2.45) is 5.41 Å². The van der Waals surface area contributed by atoms with Crippen LogP contribution < -0.4 is 0 Å². The summed E-state index contributed by atoms with van der Waals surface area (Å²) in [7, 11) is -2.13. The minimum Gasteiger partial charge on any atom is -0.409 e. The maximum absolute atomic E-state index is 11.7. The van der Waals surface area contributed by atoms with Gasteiger partial charge in [0.05, 0.1) is 23.1 Å². The summed E-state index contributed by atoms with van der Waals surface area (Å²) in [5.41, 5.74) is -0.793. The lowest BCUT2D eigenvalue weighted by Gasteiger charge is -2.45.